The molecule has 1 saturated heterocycles. The molecule has 1 N–H and O–H groups in total. The monoisotopic (exact) mass is 362 g/mol. The number of nitrogens with one attached hydrogen (secondary N) is 1. The number of esters is 1. The average molecular weight is 362 g/mol. The molecule has 136 valence electrons. The smallest absolute Gasteiger partial charge is 0.359 e. The zero-order valence-electron chi connectivity index (χ0n) is 13.7. The van der Waals surface area contributed by atoms with Crippen LogP contribution >= 0.6 is 0 Å². The fourth-order valence-corrected chi connectivity index (χ4v) is 2.53. The lowest BCUT2D eigenvalue weighted by atomic mass is 10.3. The van der Waals surface area contributed by atoms with Crippen LogP contribution in [-0.2, 0) is 9.53 Å². The second-order valence-corrected chi connectivity index (χ2v) is 5.72. The second-order valence-electron chi connectivity index (χ2n) is 5.72. The van der Waals surface area contributed by atoms with Gasteiger partial charge in [0.1, 0.15) is 11.6 Å². The first-order valence-corrected chi connectivity index (χ1v) is 8.03. The van der Waals surface area contributed by atoms with Gasteiger partial charge in [-0.3, -0.25) is 4.79 Å². The van der Waals surface area contributed by atoms with E-state index in [1.54, 1.807) is 6.07 Å². The molecule has 0 radical (unpaired) electrons. The average Bonchev–Trinajstić information content (AvgIpc) is 3.17. The van der Waals surface area contributed by atoms with Crippen molar-refractivity contribution in [2.75, 3.05) is 29.9 Å². The van der Waals surface area contributed by atoms with E-state index in [9.17, 15) is 18.4 Å². The minimum Gasteiger partial charge on any atom is -0.451 e. The van der Waals surface area contributed by atoms with Gasteiger partial charge in [0.15, 0.2) is 18.1 Å². The van der Waals surface area contributed by atoms with Crippen LogP contribution in [0.5, 0.6) is 0 Å². The number of hydrogen-bond donors (Lipinski definition) is 1. The van der Waals surface area contributed by atoms with Crippen LogP contribution in [0, 0.1) is 11.6 Å². The van der Waals surface area contributed by atoms with E-state index < -0.39 is 30.1 Å². The zero-order chi connectivity index (χ0) is 18.5. The lowest BCUT2D eigenvalue weighted by molar-refractivity contribution is -0.119. The first-order chi connectivity index (χ1) is 12.5. The molecular formula is C17H16F2N4O3. The summed E-state index contributed by atoms with van der Waals surface area (Å²) < 4.78 is 31.1. The van der Waals surface area contributed by atoms with Crippen LogP contribution in [0.4, 0.5) is 20.3 Å². The maximum Gasteiger partial charge on any atom is 0.359 e. The van der Waals surface area contributed by atoms with Crippen molar-refractivity contribution in [1.29, 1.82) is 0 Å². The van der Waals surface area contributed by atoms with Gasteiger partial charge >= 0.3 is 5.97 Å². The molecule has 7 nitrogen and oxygen atoms in total. The summed E-state index contributed by atoms with van der Waals surface area (Å²) in [4.78, 5) is 25.7. The van der Waals surface area contributed by atoms with Crippen LogP contribution in [0.2, 0.25) is 0 Å². The summed E-state index contributed by atoms with van der Waals surface area (Å²) in [5.41, 5.74) is -0.240. The van der Waals surface area contributed by atoms with Crippen LogP contribution in [0.1, 0.15) is 23.3 Å². The van der Waals surface area contributed by atoms with Crippen molar-refractivity contribution in [2.45, 2.75) is 12.8 Å². The number of amides is 1. The summed E-state index contributed by atoms with van der Waals surface area (Å²) >= 11 is 0. The Kier molecular flexibility index (Phi) is 5.35. The highest BCUT2D eigenvalue weighted by atomic mass is 19.1. The number of rotatable bonds is 5. The Bertz CT molecular complexity index is 808. The number of carbonyl (C=O) groups excluding carboxylic acids is 2. The van der Waals surface area contributed by atoms with E-state index in [1.165, 1.54) is 6.07 Å². The fourth-order valence-electron chi connectivity index (χ4n) is 2.53. The molecule has 0 bridgehead atoms. The van der Waals surface area contributed by atoms with E-state index in [4.69, 9.17) is 4.74 Å². The molecule has 1 aromatic heterocycles. The molecule has 1 aliphatic heterocycles. The van der Waals surface area contributed by atoms with E-state index >= 15 is 0 Å². The van der Waals surface area contributed by atoms with Crippen molar-refractivity contribution in [1.82, 2.24) is 10.2 Å². The van der Waals surface area contributed by atoms with Crippen molar-refractivity contribution in [3.05, 3.63) is 47.7 Å². The van der Waals surface area contributed by atoms with Gasteiger partial charge in [-0.15, -0.1) is 10.2 Å². The fraction of sp³-hybridized carbons (Fsp3) is 0.294. The molecule has 9 heteroatoms. The molecule has 26 heavy (non-hydrogen) atoms. The van der Waals surface area contributed by atoms with Gasteiger partial charge in [-0.05, 0) is 37.1 Å². The number of ether oxygens (including phenoxy) is 1. The van der Waals surface area contributed by atoms with Gasteiger partial charge in [0.25, 0.3) is 5.91 Å². The van der Waals surface area contributed by atoms with Crippen LogP contribution in [-0.4, -0.2) is 41.8 Å². The summed E-state index contributed by atoms with van der Waals surface area (Å²) in [6.45, 7) is 1.17. The minimum atomic E-state index is -0.923. The maximum atomic E-state index is 13.5. The molecule has 1 aliphatic rings. The Morgan fingerprint density at radius 1 is 1.12 bits per heavy atom. The topological polar surface area (TPSA) is 84.4 Å². The van der Waals surface area contributed by atoms with Crippen molar-refractivity contribution in [3.8, 4) is 0 Å². The minimum absolute atomic E-state index is 0.0336. The second kappa shape index (κ2) is 7.85. The SMILES string of the molecule is O=C(COC(=O)c1ccc(N2CCCC2)nn1)Nc1ccc(F)cc1F. The van der Waals surface area contributed by atoms with Gasteiger partial charge in [0.05, 0.1) is 5.69 Å². The number of anilines is 2. The first-order valence-electron chi connectivity index (χ1n) is 8.03. The summed E-state index contributed by atoms with van der Waals surface area (Å²) in [5, 5.41) is 9.99. The maximum absolute atomic E-state index is 13.5. The van der Waals surface area contributed by atoms with E-state index in [2.05, 4.69) is 20.4 Å². The van der Waals surface area contributed by atoms with Gasteiger partial charge in [0, 0.05) is 19.2 Å². The predicted molar refractivity (Wildman–Crippen MR) is 88.7 cm³/mol. The molecule has 1 fully saturated rings. The number of benzene rings is 1. The highest BCUT2D eigenvalue weighted by molar-refractivity contribution is 5.94. The van der Waals surface area contributed by atoms with Crippen LogP contribution in [0.25, 0.3) is 0 Å². The standard InChI is InChI=1S/C17H16F2N4O3/c18-11-3-4-13(12(19)9-11)20-16(24)10-26-17(25)14-5-6-15(22-21-14)23-7-1-2-8-23/h3-6,9H,1-2,7-8,10H2,(H,20,24). The Hall–Kier alpha value is -3.10. The lowest BCUT2D eigenvalue weighted by Gasteiger charge is -2.15. The Labute approximate surface area is 148 Å². The highest BCUT2D eigenvalue weighted by Crippen LogP contribution is 2.17. The number of halogens is 2. The van der Waals surface area contributed by atoms with Gasteiger partial charge in [-0.25, -0.2) is 13.6 Å². The van der Waals surface area contributed by atoms with Gasteiger partial charge in [-0.1, -0.05) is 0 Å². The Balaban J connectivity index is 1.52. The third kappa shape index (κ3) is 4.29. The molecule has 3 rings (SSSR count). The zero-order valence-corrected chi connectivity index (χ0v) is 13.7. The Morgan fingerprint density at radius 2 is 1.88 bits per heavy atom. The third-order valence-corrected chi connectivity index (χ3v) is 3.83. The van der Waals surface area contributed by atoms with Gasteiger partial charge in [0.2, 0.25) is 0 Å². The number of hydrogen-bond acceptors (Lipinski definition) is 6. The van der Waals surface area contributed by atoms with Gasteiger partial charge in [-0.2, -0.15) is 0 Å². The first kappa shape index (κ1) is 17.7. The highest BCUT2D eigenvalue weighted by Gasteiger charge is 2.17. The third-order valence-electron chi connectivity index (χ3n) is 3.83. The predicted octanol–water partition coefficient (Wildman–Crippen LogP) is 2.15. The van der Waals surface area contributed by atoms with Crippen molar-refractivity contribution < 1.29 is 23.1 Å². The molecule has 2 heterocycles. The Morgan fingerprint density at radius 3 is 2.54 bits per heavy atom. The summed E-state index contributed by atoms with van der Waals surface area (Å²) in [7, 11) is 0. The van der Waals surface area contributed by atoms with Crippen LogP contribution in [0.3, 0.4) is 0 Å². The lowest BCUT2D eigenvalue weighted by Crippen LogP contribution is -2.23. The summed E-state index contributed by atoms with van der Waals surface area (Å²) in [6.07, 6.45) is 2.18. The van der Waals surface area contributed by atoms with Crippen molar-refractivity contribution >= 4 is 23.4 Å². The van der Waals surface area contributed by atoms with Gasteiger partial charge < -0.3 is 15.0 Å². The molecule has 0 atom stereocenters. The van der Waals surface area contributed by atoms with E-state index in [0.717, 1.165) is 38.1 Å². The quantitative estimate of drug-likeness (QED) is 0.821. The van der Waals surface area contributed by atoms with E-state index in [-0.39, 0.29) is 11.4 Å². The summed E-state index contributed by atoms with van der Waals surface area (Å²) in [5.74, 6) is -2.58. The molecule has 0 spiro atoms. The largest absolute Gasteiger partial charge is 0.451 e. The van der Waals surface area contributed by atoms with Crippen LogP contribution < -0.4 is 10.2 Å². The molecule has 2 aromatic rings. The molecule has 1 amide bonds. The van der Waals surface area contributed by atoms with Crippen molar-refractivity contribution in [2.24, 2.45) is 0 Å². The van der Waals surface area contributed by atoms with E-state index in [1.807, 2.05) is 0 Å². The molecule has 0 aliphatic carbocycles. The number of nitrogens with zero attached hydrogens (tertiary/aromatic N) is 3. The number of aromatic nitrogens is 2. The van der Waals surface area contributed by atoms with E-state index in [0.29, 0.717) is 11.9 Å². The molecular weight excluding hydrogens is 346 g/mol. The van der Waals surface area contributed by atoms with Crippen molar-refractivity contribution in [3.63, 3.8) is 0 Å². The summed E-state index contributed by atoms with van der Waals surface area (Å²) in [6, 6.07) is 5.86. The molecule has 0 unspecified atom stereocenters. The molecule has 0 saturated carbocycles. The molecule has 1 aromatic carbocycles. The van der Waals surface area contributed by atoms with Crippen LogP contribution in [0.15, 0.2) is 30.3 Å². The normalized spacial score (nSPS) is 13.5. The number of carbonyl (C=O) groups is 2.